The van der Waals surface area contributed by atoms with Crippen LogP contribution >= 0.6 is 0 Å². The van der Waals surface area contributed by atoms with Gasteiger partial charge in [0.2, 0.25) is 0 Å². The van der Waals surface area contributed by atoms with E-state index in [9.17, 15) is 0 Å². The highest BCUT2D eigenvalue weighted by molar-refractivity contribution is 5.26. The second kappa shape index (κ2) is 8.80. The highest BCUT2D eigenvalue weighted by Gasteiger charge is 1.97. The molecule has 0 aromatic heterocycles. The van der Waals surface area contributed by atoms with E-state index in [1.165, 1.54) is 0 Å². The SMILES string of the molecule is C=C(/C=C\C(=C)C(C)C)C(C)C.CC. The normalized spacial score (nSPS) is 10.3. The van der Waals surface area contributed by atoms with Gasteiger partial charge in [0.05, 0.1) is 0 Å². The maximum atomic E-state index is 3.96. The lowest BCUT2D eigenvalue weighted by Gasteiger charge is -2.05. The van der Waals surface area contributed by atoms with E-state index >= 15 is 0 Å². The summed E-state index contributed by atoms with van der Waals surface area (Å²) >= 11 is 0. The molecule has 0 N–H and O–H groups in total. The van der Waals surface area contributed by atoms with E-state index in [1.54, 1.807) is 0 Å². The molecule has 0 aliphatic heterocycles. The van der Waals surface area contributed by atoms with Gasteiger partial charge in [0.25, 0.3) is 0 Å². The minimum absolute atomic E-state index is 0.529. The molecule has 0 nitrogen and oxygen atoms in total. The average molecular weight is 194 g/mol. The molecule has 0 aliphatic carbocycles. The van der Waals surface area contributed by atoms with Crippen LogP contribution < -0.4 is 0 Å². The van der Waals surface area contributed by atoms with Gasteiger partial charge in [0.1, 0.15) is 0 Å². The van der Waals surface area contributed by atoms with E-state index in [1.807, 2.05) is 13.8 Å². The molecule has 0 heteroatoms. The van der Waals surface area contributed by atoms with Crippen LogP contribution in [0.25, 0.3) is 0 Å². The predicted octanol–water partition coefficient (Wildman–Crippen LogP) is 4.99. The molecule has 0 bridgehead atoms. The minimum Gasteiger partial charge on any atom is -0.0956 e. The lowest BCUT2D eigenvalue weighted by Crippen LogP contribution is -1.90. The fourth-order valence-electron chi connectivity index (χ4n) is 0.599. The van der Waals surface area contributed by atoms with Gasteiger partial charge in [-0.1, -0.05) is 78.0 Å². The van der Waals surface area contributed by atoms with Gasteiger partial charge < -0.3 is 0 Å². The summed E-state index contributed by atoms with van der Waals surface area (Å²) in [7, 11) is 0. The molecule has 0 saturated heterocycles. The second-order valence-electron chi connectivity index (χ2n) is 3.79. The van der Waals surface area contributed by atoms with Crippen molar-refractivity contribution < 1.29 is 0 Å². The monoisotopic (exact) mass is 194 g/mol. The Morgan fingerprint density at radius 1 is 0.786 bits per heavy atom. The lowest BCUT2D eigenvalue weighted by molar-refractivity contribution is 0.784. The van der Waals surface area contributed by atoms with Crippen LogP contribution in [0.4, 0.5) is 0 Å². The molecule has 0 rings (SSSR count). The van der Waals surface area contributed by atoms with Crippen molar-refractivity contribution in [3.63, 3.8) is 0 Å². The first-order chi connectivity index (χ1) is 6.45. The van der Waals surface area contributed by atoms with Crippen LogP contribution in [-0.2, 0) is 0 Å². The first-order valence-corrected chi connectivity index (χ1v) is 5.50. The summed E-state index contributed by atoms with van der Waals surface area (Å²) in [6, 6.07) is 0. The predicted molar refractivity (Wildman–Crippen MR) is 68.4 cm³/mol. The van der Waals surface area contributed by atoms with E-state index < -0.39 is 0 Å². The summed E-state index contributed by atoms with van der Waals surface area (Å²) < 4.78 is 0. The third kappa shape index (κ3) is 7.85. The topological polar surface area (TPSA) is 0 Å². The van der Waals surface area contributed by atoms with Gasteiger partial charge in [0, 0.05) is 0 Å². The molecule has 0 radical (unpaired) electrons. The smallest absolute Gasteiger partial charge is 0.0225 e. The van der Waals surface area contributed by atoms with Gasteiger partial charge in [-0.2, -0.15) is 0 Å². The first kappa shape index (κ1) is 15.7. The van der Waals surface area contributed by atoms with Gasteiger partial charge in [-0.15, -0.1) is 0 Å². The third-order valence-electron chi connectivity index (χ3n) is 1.99. The molecule has 0 unspecified atom stereocenters. The molecule has 0 aromatic rings. The minimum atomic E-state index is 0.529. The van der Waals surface area contributed by atoms with Gasteiger partial charge in [-0.3, -0.25) is 0 Å². The van der Waals surface area contributed by atoms with E-state index in [0.717, 1.165) is 11.1 Å². The van der Waals surface area contributed by atoms with E-state index in [2.05, 4.69) is 53.0 Å². The summed E-state index contributed by atoms with van der Waals surface area (Å²) in [6.45, 7) is 20.5. The highest BCUT2D eigenvalue weighted by Crippen LogP contribution is 2.12. The Balaban J connectivity index is 0. The Hall–Kier alpha value is -0.780. The fourth-order valence-corrected chi connectivity index (χ4v) is 0.599. The number of hydrogen-bond acceptors (Lipinski definition) is 0. The molecule has 0 aromatic carbocycles. The number of allylic oxidation sites excluding steroid dienone is 4. The van der Waals surface area contributed by atoms with Crippen molar-refractivity contribution in [1.82, 2.24) is 0 Å². The Morgan fingerprint density at radius 2 is 1.00 bits per heavy atom. The number of rotatable bonds is 4. The van der Waals surface area contributed by atoms with Crippen LogP contribution in [-0.4, -0.2) is 0 Å². The van der Waals surface area contributed by atoms with Crippen molar-refractivity contribution in [2.45, 2.75) is 41.5 Å². The first-order valence-electron chi connectivity index (χ1n) is 5.50. The molecule has 82 valence electrons. The maximum absolute atomic E-state index is 3.96. The summed E-state index contributed by atoms with van der Waals surface area (Å²) in [5.74, 6) is 1.06. The van der Waals surface area contributed by atoms with Crippen molar-refractivity contribution in [2.75, 3.05) is 0 Å². The summed E-state index contributed by atoms with van der Waals surface area (Å²) in [6.07, 6.45) is 4.12. The maximum Gasteiger partial charge on any atom is -0.0225 e. The third-order valence-corrected chi connectivity index (χ3v) is 1.99. The fraction of sp³-hybridized carbons (Fsp3) is 0.571. The van der Waals surface area contributed by atoms with Crippen molar-refractivity contribution in [2.24, 2.45) is 11.8 Å². The molecule has 0 amide bonds. The van der Waals surface area contributed by atoms with E-state index in [4.69, 9.17) is 0 Å². The summed E-state index contributed by atoms with van der Waals surface area (Å²) in [4.78, 5) is 0. The second-order valence-corrected chi connectivity index (χ2v) is 3.79. The van der Waals surface area contributed by atoms with Crippen LogP contribution in [0.1, 0.15) is 41.5 Å². The van der Waals surface area contributed by atoms with Gasteiger partial charge in [-0.05, 0) is 11.8 Å². The molecular formula is C14H26. The summed E-state index contributed by atoms with van der Waals surface area (Å²) in [5.41, 5.74) is 2.33. The Morgan fingerprint density at radius 3 is 1.14 bits per heavy atom. The molecular weight excluding hydrogens is 168 g/mol. The standard InChI is InChI=1S/C12H20.C2H6/c1-9(2)11(5)7-8-12(6)10(3)4;1-2/h7-10H,5-6H2,1-4H3;1-2H3/b8-7-;. The van der Waals surface area contributed by atoms with Crippen molar-refractivity contribution in [3.8, 4) is 0 Å². The zero-order chi connectivity index (χ0) is 11.7. The molecule has 0 saturated carbocycles. The van der Waals surface area contributed by atoms with Gasteiger partial charge in [0.15, 0.2) is 0 Å². The van der Waals surface area contributed by atoms with Crippen LogP contribution in [0.5, 0.6) is 0 Å². The molecule has 14 heavy (non-hydrogen) atoms. The highest BCUT2D eigenvalue weighted by atomic mass is 14.0. The van der Waals surface area contributed by atoms with Crippen LogP contribution in [0.15, 0.2) is 36.5 Å². The Bertz CT molecular complexity index is 170. The molecule has 0 atom stereocenters. The average Bonchev–Trinajstić information content (AvgIpc) is 2.16. The zero-order valence-corrected chi connectivity index (χ0v) is 10.7. The largest absolute Gasteiger partial charge is 0.0956 e. The molecule has 0 heterocycles. The quantitative estimate of drug-likeness (QED) is 0.553. The van der Waals surface area contributed by atoms with Gasteiger partial charge in [-0.25, -0.2) is 0 Å². The van der Waals surface area contributed by atoms with Crippen LogP contribution in [0.3, 0.4) is 0 Å². The van der Waals surface area contributed by atoms with Crippen molar-refractivity contribution in [1.29, 1.82) is 0 Å². The van der Waals surface area contributed by atoms with E-state index in [0.29, 0.717) is 11.8 Å². The Labute approximate surface area is 90.4 Å². The number of hydrogen-bond donors (Lipinski definition) is 0. The molecule has 0 aliphatic rings. The van der Waals surface area contributed by atoms with Crippen LogP contribution in [0, 0.1) is 11.8 Å². The van der Waals surface area contributed by atoms with Crippen molar-refractivity contribution >= 4 is 0 Å². The molecule has 0 spiro atoms. The lowest BCUT2D eigenvalue weighted by atomic mass is 10.0. The van der Waals surface area contributed by atoms with Crippen LogP contribution in [0.2, 0.25) is 0 Å². The Kier molecular flexibility index (Phi) is 9.86. The van der Waals surface area contributed by atoms with E-state index in [-0.39, 0.29) is 0 Å². The van der Waals surface area contributed by atoms with Crippen molar-refractivity contribution in [3.05, 3.63) is 36.5 Å². The zero-order valence-electron chi connectivity index (χ0n) is 10.7. The van der Waals surface area contributed by atoms with Gasteiger partial charge >= 0.3 is 0 Å². The molecule has 0 fully saturated rings. The summed E-state index contributed by atoms with van der Waals surface area (Å²) in [5, 5.41) is 0.